The summed E-state index contributed by atoms with van der Waals surface area (Å²) in [5, 5.41) is 0. The second kappa shape index (κ2) is 3.76. The molecule has 0 unspecified atom stereocenters. The van der Waals surface area contributed by atoms with Crippen LogP contribution >= 0.6 is 0 Å². The van der Waals surface area contributed by atoms with Crippen LogP contribution in [-0.4, -0.2) is 24.0 Å². The average molecular weight is 168 g/mol. The third kappa shape index (κ3) is 2.38. The molecule has 0 atom stereocenters. The minimum absolute atomic E-state index is 0. The van der Waals surface area contributed by atoms with Crippen molar-refractivity contribution in [2.24, 2.45) is 0 Å². The van der Waals surface area contributed by atoms with E-state index >= 15 is 0 Å². The quantitative estimate of drug-likeness (QED) is 0.734. The van der Waals surface area contributed by atoms with E-state index in [0.29, 0.717) is 5.92 Å². The number of nitrogens with one attached hydrogen (secondary N) is 1. The van der Waals surface area contributed by atoms with E-state index in [1.807, 2.05) is 0 Å². The van der Waals surface area contributed by atoms with E-state index in [1.54, 1.807) is 0 Å². The third-order valence-electron chi connectivity index (χ3n) is 1.88. The predicted molar refractivity (Wildman–Crippen MR) is 54.4 cm³/mol. The van der Waals surface area contributed by atoms with E-state index in [4.69, 9.17) is 0 Å². The second-order valence-electron chi connectivity index (χ2n) is 3.83. The average Bonchev–Trinajstić information content (AvgIpc) is 2.34. The van der Waals surface area contributed by atoms with Crippen molar-refractivity contribution in [3.8, 4) is 0 Å². The molecule has 0 aliphatic rings. The van der Waals surface area contributed by atoms with Crippen LogP contribution in [0.2, 0.25) is 0 Å². The van der Waals surface area contributed by atoms with Crippen LogP contribution in [0.3, 0.4) is 0 Å². The van der Waals surface area contributed by atoms with Crippen molar-refractivity contribution >= 4 is 0 Å². The van der Waals surface area contributed by atoms with Crippen LogP contribution in [0.25, 0.3) is 0 Å². The first-order chi connectivity index (χ1) is 5.59. The molecule has 0 aliphatic heterocycles. The van der Waals surface area contributed by atoms with Crippen LogP contribution in [-0.2, 0) is 6.54 Å². The van der Waals surface area contributed by atoms with Crippen molar-refractivity contribution in [2.75, 3.05) is 14.1 Å². The molecule has 0 saturated carbocycles. The summed E-state index contributed by atoms with van der Waals surface area (Å²) in [6, 6.07) is 4.33. The maximum Gasteiger partial charge on any atom is 0.0379 e. The lowest BCUT2D eigenvalue weighted by molar-refractivity contribution is 0.397. The van der Waals surface area contributed by atoms with E-state index in [9.17, 15) is 0 Å². The summed E-state index contributed by atoms with van der Waals surface area (Å²) in [4.78, 5) is 5.56. The molecule has 0 spiro atoms. The van der Waals surface area contributed by atoms with Crippen LogP contribution < -0.4 is 0 Å². The molecule has 1 rings (SSSR count). The number of aromatic amines is 1. The Kier molecular flexibility index (Phi) is 2.93. The second-order valence-corrected chi connectivity index (χ2v) is 3.83. The molecule has 12 heavy (non-hydrogen) atoms. The monoisotopic (exact) mass is 168 g/mol. The smallest absolute Gasteiger partial charge is 0.0379 e. The fourth-order valence-electron chi connectivity index (χ4n) is 1.23. The van der Waals surface area contributed by atoms with Crippen LogP contribution in [0.15, 0.2) is 12.1 Å². The van der Waals surface area contributed by atoms with Gasteiger partial charge in [0.05, 0.1) is 0 Å². The minimum atomic E-state index is 0. The Morgan fingerprint density at radius 1 is 1.42 bits per heavy atom. The van der Waals surface area contributed by atoms with Crippen LogP contribution in [0.4, 0.5) is 0 Å². The van der Waals surface area contributed by atoms with Crippen molar-refractivity contribution in [3.05, 3.63) is 23.5 Å². The van der Waals surface area contributed by atoms with E-state index in [2.05, 4.69) is 50.0 Å². The zero-order valence-electron chi connectivity index (χ0n) is 8.39. The van der Waals surface area contributed by atoms with Crippen LogP contribution in [0.5, 0.6) is 0 Å². The fourth-order valence-corrected chi connectivity index (χ4v) is 1.23. The van der Waals surface area contributed by atoms with Gasteiger partial charge in [-0.3, -0.25) is 0 Å². The van der Waals surface area contributed by atoms with Gasteiger partial charge in [0, 0.05) is 19.4 Å². The normalized spacial score (nSPS) is 11.5. The molecule has 0 saturated heterocycles. The third-order valence-corrected chi connectivity index (χ3v) is 1.88. The maximum atomic E-state index is 3.40. The molecule has 1 N–H and O–H groups in total. The summed E-state index contributed by atoms with van der Waals surface area (Å²) in [5.41, 5.74) is 2.62. The molecule has 1 heterocycles. The highest BCUT2D eigenvalue weighted by molar-refractivity contribution is 5.15. The largest absolute Gasteiger partial charge is 0.361 e. The predicted octanol–water partition coefficient (Wildman–Crippen LogP) is 2.45. The van der Waals surface area contributed by atoms with Gasteiger partial charge < -0.3 is 9.88 Å². The highest BCUT2D eigenvalue weighted by Gasteiger charge is 2.02. The number of rotatable bonds is 3. The lowest BCUT2D eigenvalue weighted by Gasteiger charge is -2.07. The molecule has 70 valence electrons. The molecule has 0 amide bonds. The van der Waals surface area contributed by atoms with Gasteiger partial charge >= 0.3 is 0 Å². The van der Waals surface area contributed by atoms with Crippen LogP contribution in [0, 0.1) is 0 Å². The molecule has 0 bridgehead atoms. The van der Waals surface area contributed by atoms with Crippen molar-refractivity contribution in [1.29, 1.82) is 0 Å². The van der Waals surface area contributed by atoms with E-state index in [0.717, 1.165) is 6.54 Å². The highest BCUT2D eigenvalue weighted by atomic mass is 15.1. The van der Waals surface area contributed by atoms with Crippen molar-refractivity contribution in [1.82, 2.24) is 9.88 Å². The van der Waals surface area contributed by atoms with Gasteiger partial charge in [-0.2, -0.15) is 0 Å². The Hall–Kier alpha value is -0.760. The summed E-state index contributed by atoms with van der Waals surface area (Å²) in [5.74, 6) is 0.598. The molecule has 0 aliphatic carbocycles. The molecule has 0 aromatic carbocycles. The first-order valence-electron chi connectivity index (χ1n) is 4.42. The van der Waals surface area contributed by atoms with E-state index in [-0.39, 0.29) is 1.43 Å². The Morgan fingerprint density at radius 2 is 2.08 bits per heavy atom. The minimum Gasteiger partial charge on any atom is -0.361 e. The zero-order valence-corrected chi connectivity index (χ0v) is 8.39. The number of aromatic nitrogens is 1. The Morgan fingerprint density at radius 3 is 2.50 bits per heavy atom. The first kappa shape index (κ1) is 9.33. The van der Waals surface area contributed by atoms with Crippen molar-refractivity contribution < 1.29 is 1.43 Å². The highest BCUT2D eigenvalue weighted by Crippen LogP contribution is 2.13. The Balaban J connectivity index is 0.00000144. The molecule has 2 nitrogen and oxygen atoms in total. The molecule has 2 heteroatoms. The van der Waals surface area contributed by atoms with Gasteiger partial charge in [0.1, 0.15) is 0 Å². The zero-order chi connectivity index (χ0) is 9.14. The molecule has 1 aromatic heterocycles. The first-order valence-corrected chi connectivity index (χ1v) is 4.42. The Labute approximate surface area is 76.1 Å². The van der Waals surface area contributed by atoms with E-state index < -0.39 is 0 Å². The number of nitrogens with zero attached hydrogens (tertiary/aromatic N) is 1. The fraction of sp³-hybridized carbons (Fsp3) is 0.600. The lowest BCUT2D eigenvalue weighted by Crippen LogP contribution is -2.10. The lowest BCUT2D eigenvalue weighted by atomic mass is 10.1. The van der Waals surface area contributed by atoms with Gasteiger partial charge in [0.15, 0.2) is 0 Å². The van der Waals surface area contributed by atoms with Gasteiger partial charge in [0.25, 0.3) is 0 Å². The summed E-state index contributed by atoms with van der Waals surface area (Å²) in [6.07, 6.45) is 0. The number of hydrogen-bond acceptors (Lipinski definition) is 1. The molecular formula is C10H20N2. The van der Waals surface area contributed by atoms with Gasteiger partial charge in [-0.1, -0.05) is 13.8 Å². The summed E-state index contributed by atoms with van der Waals surface area (Å²) < 4.78 is 0. The SMILES string of the molecule is CC(C)c1ccc(CN(C)C)[nH]1.[HH]. The molecule has 0 radical (unpaired) electrons. The van der Waals surface area contributed by atoms with Gasteiger partial charge in [-0.25, -0.2) is 0 Å². The standard InChI is InChI=1S/C10H18N2.H2/c1-8(2)10-6-5-9(11-10)7-12(3)4;/h5-6,8,11H,7H2,1-4H3;1H. The Bertz CT molecular complexity index is 241. The van der Waals surface area contributed by atoms with Crippen LogP contribution in [0.1, 0.15) is 32.6 Å². The number of H-pyrrole nitrogens is 1. The van der Waals surface area contributed by atoms with Crippen molar-refractivity contribution in [2.45, 2.75) is 26.3 Å². The van der Waals surface area contributed by atoms with Gasteiger partial charge in [-0.05, 0) is 32.1 Å². The number of hydrogen-bond donors (Lipinski definition) is 1. The topological polar surface area (TPSA) is 19.0 Å². The molecular weight excluding hydrogens is 148 g/mol. The van der Waals surface area contributed by atoms with Crippen molar-refractivity contribution in [3.63, 3.8) is 0 Å². The summed E-state index contributed by atoms with van der Waals surface area (Å²) in [6.45, 7) is 5.39. The van der Waals surface area contributed by atoms with Gasteiger partial charge in [-0.15, -0.1) is 0 Å². The summed E-state index contributed by atoms with van der Waals surface area (Å²) >= 11 is 0. The van der Waals surface area contributed by atoms with E-state index in [1.165, 1.54) is 11.4 Å². The molecule has 1 aromatic rings. The van der Waals surface area contributed by atoms with Gasteiger partial charge in [0.2, 0.25) is 0 Å². The maximum absolute atomic E-state index is 3.40. The molecule has 0 fully saturated rings. The summed E-state index contributed by atoms with van der Waals surface area (Å²) in [7, 11) is 4.16.